The predicted octanol–water partition coefficient (Wildman–Crippen LogP) is 1.53. The normalized spacial score (nSPS) is 17.7. The molecular weight excluding hydrogens is 178 g/mol. The maximum Gasteiger partial charge on any atom is 0.225 e. The Bertz CT molecular complexity index is 195. The molecule has 14 heavy (non-hydrogen) atoms. The van der Waals surface area contributed by atoms with Crippen LogP contribution in [0.1, 0.15) is 27.7 Å². The van der Waals surface area contributed by atoms with E-state index in [0.717, 1.165) is 19.7 Å². The summed E-state index contributed by atoms with van der Waals surface area (Å²) in [5.41, 5.74) is 0. The maximum absolute atomic E-state index is 11.5. The van der Waals surface area contributed by atoms with E-state index >= 15 is 0 Å². The molecule has 0 aromatic carbocycles. The molecule has 0 N–H and O–H groups in total. The summed E-state index contributed by atoms with van der Waals surface area (Å²) in [7, 11) is 0. The van der Waals surface area contributed by atoms with Gasteiger partial charge in [0.1, 0.15) is 0 Å². The molecule has 1 aliphatic heterocycles. The number of rotatable bonds is 4. The number of amides is 1. The van der Waals surface area contributed by atoms with Gasteiger partial charge in [0, 0.05) is 25.6 Å². The van der Waals surface area contributed by atoms with Crippen molar-refractivity contribution >= 4 is 5.91 Å². The van der Waals surface area contributed by atoms with Gasteiger partial charge in [-0.3, -0.25) is 4.79 Å². The summed E-state index contributed by atoms with van der Waals surface area (Å²) in [5, 5.41) is 0. The summed E-state index contributed by atoms with van der Waals surface area (Å²) in [5.74, 6) is 0.931. The van der Waals surface area contributed by atoms with Crippen molar-refractivity contribution in [2.24, 2.45) is 11.8 Å². The Kier molecular flexibility index (Phi) is 3.93. The summed E-state index contributed by atoms with van der Waals surface area (Å²) in [4.78, 5) is 13.3. The van der Waals surface area contributed by atoms with Crippen LogP contribution in [0, 0.1) is 11.8 Å². The number of ether oxygens (including phenoxy) is 1. The van der Waals surface area contributed by atoms with Gasteiger partial charge < -0.3 is 9.64 Å². The third-order valence-corrected chi connectivity index (χ3v) is 2.32. The van der Waals surface area contributed by atoms with Crippen LogP contribution < -0.4 is 0 Å². The second-order valence-electron chi connectivity index (χ2n) is 4.75. The molecule has 0 aromatic heterocycles. The largest absolute Gasteiger partial charge is 0.374 e. The topological polar surface area (TPSA) is 29.5 Å². The Hall–Kier alpha value is -0.570. The van der Waals surface area contributed by atoms with Crippen LogP contribution in [0.4, 0.5) is 0 Å². The average Bonchev–Trinajstić information content (AvgIpc) is 2.00. The lowest BCUT2D eigenvalue weighted by atomic mass is 10.1. The van der Waals surface area contributed by atoms with E-state index in [2.05, 4.69) is 13.8 Å². The van der Waals surface area contributed by atoms with Gasteiger partial charge in [-0.1, -0.05) is 27.7 Å². The monoisotopic (exact) mass is 199 g/mol. The summed E-state index contributed by atoms with van der Waals surface area (Å²) in [6, 6.07) is 0. The van der Waals surface area contributed by atoms with Gasteiger partial charge in [-0.05, 0) is 5.92 Å². The molecule has 0 aromatic rings. The Labute approximate surface area is 86.4 Å². The van der Waals surface area contributed by atoms with Gasteiger partial charge in [0.2, 0.25) is 5.91 Å². The molecule has 0 atom stereocenters. The molecule has 1 amide bonds. The molecule has 1 aliphatic rings. The lowest BCUT2D eigenvalue weighted by Crippen LogP contribution is -2.56. The Morgan fingerprint density at radius 2 is 1.93 bits per heavy atom. The van der Waals surface area contributed by atoms with E-state index < -0.39 is 0 Å². The van der Waals surface area contributed by atoms with Gasteiger partial charge in [0.25, 0.3) is 0 Å². The van der Waals surface area contributed by atoms with Crippen LogP contribution in [0.5, 0.6) is 0 Å². The molecule has 0 unspecified atom stereocenters. The second-order valence-corrected chi connectivity index (χ2v) is 4.75. The minimum Gasteiger partial charge on any atom is -0.374 e. The van der Waals surface area contributed by atoms with Crippen molar-refractivity contribution in [1.29, 1.82) is 0 Å². The van der Waals surface area contributed by atoms with Crippen LogP contribution in [0.25, 0.3) is 0 Å². The van der Waals surface area contributed by atoms with Crippen LogP contribution in [0.3, 0.4) is 0 Å². The lowest BCUT2D eigenvalue weighted by Gasteiger charge is -2.40. The molecule has 0 aliphatic carbocycles. The van der Waals surface area contributed by atoms with Crippen LogP contribution in [-0.2, 0) is 9.53 Å². The molecule has 1 rings (SSSR count). The van der Waals surface area contributed by atoms with E-state index in [1.165, 1.54) is 0 Å². The molecule has 82 valence electrons. The van der Waals surface area contributed by atoms with Gasteiger partial charge in [-0.2, -0.15) is 0 Å². The fourth-order valence-corrected chi connectivity index (χ4v) is 1.42. The Balaban J connectivity index is 2.14. The van der Waals surface area contributed by atoms with Gasteiger partial charge in [0.05, 0.1) is 6.10 Å². The van der Waals surface area contributed by atoms with Crippen molar-refractivity contribution in [1.82, 2.24) is 4.90 Å². The Morgan fingerprint density at radius 1 is 1.36 bits per heavy atom. The van der Waals surface area contributed by atoms with Crippen LogP contribution >= 0.6 is 0 Å². The fourth-order valence-electron chi connectivity index (χ4n) is 1.42. The van der Waals surface area contributed by atoms with E-state index in [4.69, 9.17) is 4.74 Å². The van der Waals surface area contributed by atoms with Gasteiger partial charge >= 0.3 is 0 Å². The van der Waals surface area contributed by atoms with Crippen molar-refractivity contribution < 1.29 is 9.53 Å². The first-order chi connectivity index (χ1) is 6.50. The quantitative estimate of drug-likeness (QED) is 0.687. The van der Waals surface area contributed by atoms with E-state index in [0.29, 0.717) is 5.92 Å². The highest BCUT2D eigenvalue weighted by atomic mass is 16.5. The van der Waals surface area contributed by atoms with E-state index in [1.54, 1.807) is 0 Å². The zero-order chi connectivity index (χ0) is 10.7. The molecule has 3 heteroatoms. The molecule has 0 saturated carbocycles. The minimum absolute atomic E-state index is 0.112. The van der Waals surface area contributed by atoms with E-state index in [-0.39, 0.29) is 17.9 Å². The highest BCUT2D eigenvalue weighted by Crippen LogP contribution is 2.15. The standard InChI is InChI=1S/C11H21NO2/c1-8(2)7-14-10-5-12(6-10)11(13)9(3)4/h8-10H,5-7H2,1-4H3. The summed E-state index contributed by atoms with van der Waals surface area (Å²) >= 11 is 0. The van der Waals surface area contributed by atoms with Crippen molar-refractivity contribution in [2.75, 3.05) is 19.7 Å². The van der Waals surface area contributed by atoms with Gasteiger partial charge in [0.15, 0.2) is 0 Å². The number of likely N-dealkylation sites (tertiary alicyclic amines) is 1. The highest BCUT2D eigenvalue weighted by Gasteiger charge is 2.32. The SMILES string of the molecule is CC(C)COC1CN(C(=O)C(C)C)C1. The summed E-state index contributed by atoms with van der Waals surface area (Å²) in [6.45, 7) is 10.5. The highest BCUT2D eigenvalue weighted by molar-refractivity contribution is 5.78. The third-order valence-electron chi connectivity index (χ3n) is 2.32. The third kappa shape index (κ3) is 2.98. The summed E-state index contributed by atoms with van der Waals surface area (Å²) in [6.07, 6.45) is 0.278. The van der Waals surface area contributed by atoms with Gasteiger partial charge in [-0.15, -0.1) is 0 Å². The molecular formula is C11H21NO2. The van der Waals surface area contributed by atoms with Crippen LogP contribution in [0.2, 0.25) is 0 Å². The van der Waals surface area contributed by atoms with Crippen molar-refractivity contribution in [2.45, 2.75) is 33.8 Å². The molecule has 1 fully saturated rings. The number of carbonyl (C=O) groups excluding carboxylic acids is 1. The molecule has 1 saturated heterocycles. The van der Waals surface area contributed by atoms with Crippen LogP contribution in [-0.4, -0.2) is 36.6 Å². The first-order valence-corrected chi connectivity index (χ1v) is 5.41. The zero-order valence-electron chi connectivity index (χ0n) is 9.62. The van der Waals surface area contributed by atoms with E-state index in [1.807, 2.05) is 18.7 Å². The number of carbonyl (C=O) groups is 1. The van der Waals surface area contributed by atoms with Crippen molar-refractivity contribution in [3.05, 3.63) is 0 Å². The smallest absolute Gasteiger partial charge is 0.225 e. The summed E-state index contributed by atoms with van der Waals surface area (Å²) < 4.78 is 5.61. The Morgan fingerprint density at radius 3 is 2.36 bits per heavy atom. The molecule has 0 bridgehead atoms. The molecule has 3 nitrogen and oxygen atoms in total. The fraction of sp³-hybridized carbons (Fsp3) is 0.909. The zero-order valence-corrected chi connectivity index (χ0v) is 9.62. The van der Waals surface area contributed by atoms with Crippen molar-refractivity contribution in [3.63, 3.8) is 0 Å². The second kappa shape index (κ2) is 4.78. The first-order valence-electron chi connectivity index (χ1n) is 5.41. The average molecular weight is 199 g/mol. The minimum atomic E-state index is 0.112. The number of nitrogens with zero attached hydrogens (tertiary/aromatic N) is 1. The van der Waals surface area contributed by atoms with Crippen molar-refractivity contribution in [3.8, 4) is 0 Å². The predicted molar refractivity (Wildman–Crippen MR) is 56.0 cm³/mol. The number of hydrogen-bond acceptors (Lipinski definition) is 2. The molecule has 1 heterocycles. The van der Waals surface area contributed by atoms with Gasteiger partial charge in [-0.25, -0.2) is 0 Å². The maximum atomic E-state index is 11.5. The molecule has 0 radical (unpaired) electrons. The molecule has 0 spiro atoms. The first kappa shape index (κ1) is 11.5. The van der Waals surface area contributed by atoms with E-state index in [9.17, 15) is 4.79 Å². The van der Waals surface area contributed by atoms with Crippen LogP contribution in [0.15, 0.2) is 0 Å². The lowest BCUT2D eigenvalue weighted by molar-refractivity contribution is -0.148. The number of hydrogen-bond donors (Lipinski definition) is 0.